The number of carbonyl (C=O) groups is 1. The van der Waals surface area contributed by atoms with Gasteiger partial charge >= 0.3 is 5.97 Å². The van der Waals surface area contributed by atoms with Crippen molar-refractivity contribution < 1.29 is 18.7 Å². The third kappa shape index (κ3) is 2.87. The largest absolute Gasteiger partial charge is 0.476 e. The Morgan fingerprint density at radius 2 is 2.21 bits per heavy atom. The molecule has 1 aromatic heterocycles. The Morgan fingerprint density at radius 1 is 1.47 bits per heavy atom. The van der Waals surface area contributed by atoms with Gasteiger partial charge in [-0.1, -0.05) is 6.07 Å². The molecule has 2 rings (SSSR count). The normalized spacial score (nSPS) is 10.5. The van der Waals surface area contributed by atoms with E-state index in [0.29, 0.717) is 11.3 Å². The molecule has 100 valence electrons. The van der Waals surface area contributed by atoms with Crippen molar-refractivity contribution in [1.29, 1.82) is 0 Å². The van der Waals surface area contributed by atoms with Gasteiger partial charge in [0.25, 0.3) is 0 Å². The second-order valence-electron chi connectivity index (χ2n) is 3.86. The van der Waals surface area contributed by atoms with Gasteiger partial charge in [0, 0.05) is 5.38 Å². The van der Waals surface area contributed by atoms with Crippen LogP contribution in [0.4, 0.5) is 14.5 Å². The van der Waals surface area contributed by atoms with Crippen LogP contribution in [0.25, 0.3) is 0 Å². The Labute approximate surface area is 111 Å². The average molecular weight is 284 g/mol. The van der Waals surface area contributed by atoms with Gasteiger partial charge < -0.3 is 10.4 Å². The van der Waals surface area contributed by atoms with E-state index >= 15 is 0 Å². The number of carboxylic acid groups (broad SMARTS) is 1. The minimum Gasteiger partial charge on any atom is -0.476 e. The predicted octanol–water partition coefficient (Wildman–Crippen LogP) is 3.04. The van der Waals surface area contributed by atoms with Crippen LogP contribution in [0.5, 0.6) is 0 Å². The lowest BCUT2D eigenvalue weighted by Gasteiger charge is -2.08. The predicted molar refractivity (Wildman–Crippen MR) is 67.5 cm³/mol. The Hall–Kier alpha value is -2.02. The number of aromatic carboxylic acids is 1. The first-order chi connectivity index (χ1) is 8.99. The molecule has 4 nitrogen and oxygen atoms in total. The number of carboxylic acids is 1. The number of benzene rings is 1. The van der Waals surface area contributed by atoms with Crippen molar-refractivity contribution in [1.82, 2.24) is 4.98 Å². The van der Waals surface area contributed by atoms with Crippen LogP contribution in [-0.2, 0) is 6.54 Å². The second kappa shape index (κ2) is 5.31. The summed E-state index contributed by atoms with van der Waals surface area (Å²) in [5.74, 6) is -2.48. The summed E-state index contributed by atoms with van der Waals surface area (Å²) in [6, 6.07) is 2.52. The monoisotopic (exact) mass is 284 g/mol. The first-order valence-corrected chi connectivity index (χ1v) is 6.23. The lowest BCUT2D eigenvalue weighted by atomic mass is 10.2. The van der Waals surface area contributed by atoms with Gasteiger partial charge in [-0.3, -0.25) is 0 Å². The van der Waals surface area contributed by atoms with Crippen molar-refractivity contribution in [3.63, 3.8) is 0 Å². The summed E-state index contributed by atoms with van der Waals surface area (Å²) in [5.41, 5.74) is 0.515. The fourth-order valence-corrected chi connectivity index (χ4v) is 2.14. The molecule has 0 aliphatic carbocycles. The highest BCUT2D eigenvalue weighted by molar-refractivity contribution is 7.11. The Morgan fingerprint density at radius 3 is 2.84 bits per heavy atom. The first kappa shape index (κ1) is 13.4. The van der Waals surface area contributed by atoms with E-state index in [0.717, 1.165) is 11.3 Å². The SMILES string of the molecule is Cc1ccc(F)c(NCc2csc(C(=O)O)n2)c1F. The molecule has 0 atom stereocenters. The highest BCUT2D eigenvalue weighted by Gasteiger charge is 2.13. The van der Waals surface area contributed by atoms with Crippen LogP contribution in [0.15, 0.2) is 17.5 Å². The molecule has 19 heavy (non-hydrogen) atoms. The van der Waals surface area contributed by atoms with Crippen molar-refractivity contribution in [3.8, 4) is 0 Å². The number of anilines is 1. The highest BCUT2D eigenvalue weighted by atomic mass is 32.1. The van der Waals surface area contributed by atoms with Gasteiger partial charge in [0.1, 0.15) is 11.5 Å². The van der Waals surface area contributed by atoms with Crippen LogP contribution >= 0.6 is 11.3 Å². The van der Waals surface area contributed by atoms with E-state index in [1.807, 2.05) is 0 Å². The third-order valence-electron chi connectivity index (χ3n) is 2.47. The molecule has 0 fully saturated rings. The quantitative estimate of drug-likeness (QED) is 0.906. The third-order valence-corrected chi connectivity index (χ3v) is 3.34. The maximum atomic E-state index is 13.7. The summed E-state index contributed by atoms with van der Waals surface area (Å²) < 4.78 is 27.1. The number of nitrogens with zero attached hydrogens (tertiary/aromatic N) is 1. The minimum atomic E-state index is -1.12. The van der Waals surface area contributed by atoms with Crippen LogP contribution < -0.4 is 5.32 Å². The fourth-order valence-electron chi connectivity index (χ4n) is 1.48. The number of hydrogen-bond donors (Lipinski definition) is 2. The molecule has 0 saturated carbocycles. The number of halogens is 2. The van der Waals surface area contributed by atoms with E-state index in [9.17, 15) is 13.6 Å². The minimum absolute atomic E-state index is 0.0537. The molecular formula is C12H10F2N2O2S. The fraction of sp³-hybridized carbons (Fsp3) is 0.167. The summed E-state index contributed by atoms with van der Waals surface area (Å²) in [6.07, 6.45) is 0. The number of nitrogens with one attached hydrogen (secondary N) is 1. The molecule has 0 aliphatic heterocycles. The Balaban J connectivity index is 2.14. The average Bonchev–Trinajstić information content (AvgIpc) is 2.83. The molecule has 0 amide bonds. The zero-order chi connectivity index (χ0) is 14.0. The van der Waals surface area contributed by atoms with Crippen molar-refractivity contribution in [2.75, 3.05) is 5.32 Å². The lowest BCUT2D eigenvalue weighted by molar-refractivity contribution is 0.0696. The molecule has 0 radical (unpaired) electrons. The van der Waals surface area contributed by atoms with Gasteiger partial charge in [0.2, 0.25) is 5.01 Å². The first-order valence-electron chi connectivity index (χ1n) is 5.35. The maximum Gasteiger partial charge on any atom is 0.365 e. The molecule has 2 N–H and O–H groups in total. The molecule has 2 aromatic rings. The van der Waals surface area contributed by atoms with Crippen LogP contribution in [0.1, 0.15) is 21.1 Å². The molecule has 7 heteroatoms. The second-order valence-corrected chi connectivity index (χ2v) is 4.71. The van der Waals surface area contributed by atoms with Gasteiger partial charge in [0.15, 0.2) is 5.82 Å². The van der Waals surface area contributed by atoms with Gasteiger partial charge in [0.05, 0.1) is 12.2 Å². The smallest absolute Gasteiger partial charge is 0.365 e. The summed E-state index contributed by atoms with van der Waals surface area (Å²) >= 11 is 0.966. The van der Waals surface area contributed by atoms with Crippen molar-refractivity contribution >= 4 is 23.0 Å². The topological polar surface area (TPSA) is 62.2 Å². The highest BCUT2D eigenvalue weighted by Crippen LogP contribution is 2.22. The molecule has 0 aliphatic rings. The molecule has 0 saturated heterocycles. The van der Waals surface area contributed by atoms with E-state index < -0.39 is 17.6 Å². The molecule has 0 unspecified atom stereocenters. The van der Waals surface area contributed by atoms with E-state index in [1.54, 1.807) is 0 Å². The zero-order valence-electron chi connectivity index (χ0n) is 9.91. The van der Waals surface area contributed by atoms with Crippen molar-refractivity contribution in [2.45, 2.75) is 13.5 Å². The zero-order valence-corrected chi connectivity index (χ0v) is 10.7. The molecular weight excluding hydrogens is 274 g/mol. The summed E-state index contributed by atoms with van der Waals surface area (Å²) in [7, 11) is 0. The molecule has 1 aromatic carbocycles. The van der Waals surface area contributed by atoms with E-state index in [4.69, 9.17) is 5.11 Å². The summed E-state index contributed by atoms with van der Waals surface area (Å²) in [4.78, 5) is 14.5. The van der Waals surface area contributed by atoms with Crippen LogP contribution in [0, 0.1) is 18.6 Å². The molecule has 0 spiro atoms. The number of thiazole rings is 1. The number of aromatic nitrogens is 1. The van der Waals surface area contributed by atoms with E-state index in [2.05, 4.69) is 10.3 Å². The van der Waals surface area contributed by atoms with Crippen LogP contribution in [0.3, 0.4) is 0 Å². The summed E-state index contributed by atoms with van der Waals surface area (Å²) in [5, 5.41) is 12.8. The van der Waals surface area contributed by atoms with E-state index in [1.165, 1.54) is 24.4 Å². The van der Waals surface area contributed by atoms with Gasteiger partial charge in [-0.2, -0.15) is 0 Å². The van der Waals surface area contributed by atoms with E-state index in [-0.39, 0.29) is 17.2 Å². The Kier molecular flexibility index (Phi) is 3.75. The maximum absolute atomic E-state index is 13.7. The van der Waals surface area contributed by atoms with Crippen LogP contribution in [0.2, 0.25) is 0 Å². The van der Waals surface area contributed by atoms with Gasteiger partial charge in [-0.15, -0.1) is 11.3 Å². The standard InChI is InChI=1S/C12H10F2N2O2S/c1-6-2-3-8(13)10(9(6)14)15-4-7-5-19-11(16-7)12(17)18/h2-3,5,15H,4H2,1H3,(H,17,18). The Bertz CT molecular complexity index is 628. The number of aryl methyl sites for hydroxylation is 1. The van der Waals surface area contributed by atoms with Gasteiger partial charge in [-0.05, 0) is 18.6 Å². The number of hydrogen-bond acceptors (Lipinski definition) is 4. The lowest BCUT2D eigenvalue weighted by Crippen LogP contribution is -2.06. The summed E-state index contributed by atoms with van der Waals surface area (Å²) in [6.45, 7) is 1.59. The number of rotatable bonds is 4. The van der Waals surface area contributed by atoms with Crippen LogP contribution in [-0.4, -0.2) is 16.1 Å². The van der Waals surface area contributed by atoms with Gasteiger partial charge in [-0.25, -0.2) is 18.6 Å². The van der Waals surface area contributed by atoms with Crippen molar-refractivity contribution in [3.05, 3.63) is 45.4 Å². The van der Waals surface area contributed by atoms with Crippen molar-refractivity contribution in [2.24, 2.45) is 0 Å². The molecule has 0 bridgehead atoms. The molecule has 1 heterocycles.